The Morgan fingerprint density at radius 1 is 1.00 bits per heavy atom. The lowest BCUT2D eigenvalue weighted by Crippen LogP contribution is -2.34. The number of aromatic hydroxyl groups is 1. The molecule has 4 N–H and O–H groups in total. The molecule has 0 spiro atoms. The number of fused-ring (bicyclic) bond motifs is 1. The number of nitrogens with one attached hydrogen (secondary N) is 1. The molecule has 1 aliphatic rings. The molecule has 1 saturated carbocycles. The second-order valence-corrected chi connectivity index (χ2v) is 12.6. The highest BCUT2D eigenvalue weighted by molar-refractivity contribution is 6.07. The second-order valence-electron chi connectivity index (χ2n) is 12.6. The molecule has 5 aromatic rings. The average molecular weight is 704 g/mol. The molecule has 268 valence electrons. The van der Waals surface area contributed by atoms with Crippen molar-refractivity contribution >= 4 is 46.3 Å². The smallest absolute Gasteiger partial charge is 0.435 e. The maximum atomic E-state index is 13.8. The lowest BCUT2D eigenvalue weighted by molar-refractivity contribution is -0.134. The summed E-state index contributed by atoms with van der Waals surface area (Å²) in [5, 5.41) is 13.3. The summed E-state index contributed by atoms with van der Waals surface area (Å²) in [6.07, 6.45) is 6.47. The van der Waals surface area contributed by atoms with E-state index < -0.39 is 12.1 Å². The Bertz CT molecular complexity index is 2060. The van der Waals surface area contributed by atoms with Crippen LogP contribution in [0.3, 0.4) is 0 Å². The molecule has 2 aromatic heterocycles. The van der Waals surface area contributed by atoms with Crippen LogP contribution >= 0.6 is 0 Å². The normalized spacial score (nSPS) is 12.8. The van der Waals surface area contributed by atoms with E-state index >= 15 is 0 Å². The fourth-order valence-corrected chi connectivity index (χ4v) is 5.69. The summed E-state index contributed by atoms with van der Waals surface area (Å²) >= 11 is 0. The van der Waals surface area contributed by atoms with Crippen LogP contribution < -0.4 is 20.7 Å². The fraction of sp³-hybridized carbons (Fsp3) is 0.282. The van der Waals surface area contributed by atoms with Gasteiger partial charge in [-0.15, -0.1) is 0 Å². The highest BCUT2D eigenvalue weighted by atomic mass is 16.5. The van der Waals surface area contributed by atoms with Gasteiger partial charge >= 0.3 is 12.1 Å². The number of aromatic nitrogens is 3. The molecule has 0 unspecified atom stereocenters. The van der Waals surface area contributed by atoms with E-state index in [1.807, 2.05) is 29.8 Å². The van der Waals surface area contributed by atoms with Gasteiger partial charge in [-0.1, -0.05) is 37.5 Å². The van der Waals surface area contributed by atoms with Gasteiger partial charge in [-0.25, -0.2) is 14.8 Å². The number of amides is 2. The van der Waals surface area contributed by atoms with E-state index in [-0.39, 0.29) is 36.2 Å². The van der Waals surface area contributed by atoms with Crippen molar-refractivity contribution in [3.05, 3.63) is 108 Å². The largest absolute Gasteiger partial charge is 0.504 e. The van der Waals surface area contributed by atoms with Crippen LogP contribution in [0, 0.1) is 5.92 Å². The monoisotopic (exact) mass is 703 g/mol. The average Bonchev–Trinajstić information content (AvgIpc) is 3.93. The Hall–Kier alpha value is -6.24. The number of anilines is 2. The maximum absolute atomic E-state index is 13.8. The molecule has 52 heavy (non-hydrogen) atoms. The van der Waals surface area contributed by atoms with Gasteiger partial charge in [0.2, 0.25) is 0 Å². The molecule has 3 aromatic carbocycles. The van der Waals surface area contributed by atoms with Gasteiger partial charge in [0.1, 0.15) is 17.5 Å². The van der Waals surface area contributed by atoms with Crippen molar-refractivity contribution in [2.45, 2.75) is 45.1 Å². The Balaban J connectivity index is 1.07. The number of imidazole rings is 1. The lowest BCUT2D eigenvalue weighted by atomic mass is 10.1. The van der Waals surface area contributed by atoms with E-state index in [0.29, 0.717) is 35.6 Å². The highest BCUT2D eigenvalue weighted by Gasteiger charge is 2.22. The number of carbonyl (C=O) groups is 3. The van der Waals surface area contributed by atoms with E-state index in [2.05, 4.69) is 15.3 Å². The maximum Gasteiger partial charge on any atom is 0.435 e. The molecule has 0 radical (unpaired) electrons. The van der Waals surface area contributed by atoms with Gasteiger partial charge in [0.15, 0.2) is 11.5 Å². The molecule has 0 atom stereocenters. The third-order valence-electron chi connectivity index (χ3n) is 8.79. The van der Waals surface area contributed by atoms with E-state index in [0.717, 1.165) is 35.8 Å². The zero-order chi connectivity index (χ0) is 36.5. The molecule has 13 nitrogen and oxygen atoms in total. The number of hydrogen-bond acceptors (Lipinski definition) is 9. The number of unbranched alkanes of at least 4 members (excludes halogenated alkanes) is 1. The van der Waals surface area contributed by atoms with Crippen molar-refractivity contribution in [3.8, 4) is 11.5 Å². The van der Waals surface area contributed by atoms with Crippen molar-refractivity contribution in [2.75, 3.05) is 23.4 Å². The Kier molecular flexibility index (Phi) is 11.4. The van der Waals surface area contributed by atoms with Crippen LogP contribution in [0.2, 0.25) is 0 Å². The number of nitrogens with two attached hydrogens (primary N) is 1. The van der Waals surface area contributed by atoms with E-state index in [4.69, 9.17) is 20.2 Å². The molecule has 0 saturated heterocycles. The Morgan fingerprint density at radius 2 is 1.77 bits per heavy atom. The Morgan fingerprint density at radius 3 is 2.52 bits per heavy atom. The molecule has 6 rings (SSSR count). The number of aliphatic imine (C=N–C) groups is 1. The number of carbonyl (C=O) groups excluding carboxylic acids is 3. The van der Waals surface area contributed by atoms with Crippen LogP contribution in [-0.4, -0.2) is 56.6 Å². The first-order valence-electron chi connectivity index (χ1n) is 17.3. The number of para-hydroxylation sites is 2. The van der Waals surface area contributed by atoms with Crippen molar-refractivity contribution in [1.82, 2.24) is 14.5 Å². The van der Waals surface area contributed by atoms with Crippen LogP contribution in [0.15, 0.2) is 96.1 Å². The van der Waals surface area contributed by atoms with Crippen LogP contribution in [0.25, 0.3) is 11.0 Å². The number of phenolic OH excluding ortho intramolecular Hbond substituents is 1. The van der Waals surface area contributed by atoms with Gasteiger partial charge < -0.3 is 30.2 Å². The number of nitrogens with zero attached hydrogens (tertiary/aromatic N) is 5. The van der Waals surface area contributed by atoms with Gasteiger partial charge in [0.25, 0.3) is 5.91 Å². The first-order chi connectivity index (χ1) is 25.2. The quantitative estimate of drug-likeness (QED) is 0.0366. The summed E-state index contributed by atoms with van der Waals surface area (Å²) in [4.78, 5) is 53.0. The van der Waals surface area contributed by atoms with Crippen LogP contribution in [0.5, 0.6) is 11.5 Å². The summed E-state index contributed by atoms with van der Waals surface area (Å²) in [5.41, 5.74) is 9.30. The minimum absolute atomic E-state index is 0.00159. The predicted octanol–water partition coefficient (Wildman–Crippen LogP) is 6.35. The molecule has 1 fully saturated rings. The Labute approximate surface area is 301 Å². The topological polar surface area (TPSA) is 174 Å². The highest BCUT2D eigenvalue weighted by Crippen LogP contribution is 2.33. The van der Waals surface area contributed by atoms with Crippen molar-refractivity contribution < 1.29 is 29.0 Å². The van der Waals surface area contributed by atoms with E-state index in [1.54, 1.807) is 60.8 Å². The number of phenols is 1. The zero-order valence-corrected chi connectivity index (χ0v) is 28.9. The fourth-order valence-electron chi connectivity index (χ4n) is 5.69. The van der Waals surface area contributed by atoms with Crippen LogP contribution in [0.4, 0.5) is 16.3 Å². The number of esters is 1. The standard InChI is InChI=1S/C39H41N7O6/c1-45-31-19-16-28(38(49)46(34-11-4-6-21-41-34)22-20-36(48)52-33-10-3-2-9-32(33)47)24-30(31)43-35(45)25-42-29-17-14-27(15-18-29)37(40)44-39(50)51-23-7-5-8-26-12-13-26/h2-4,6,9-11,14-19,21,24,26,42,47H,5,7-8,12-13,20,22-23,25H2,1H3,(H2,40,44,50). The first-order valence-corrected chi connectivity index (χ1v) is 17.3. The SMILES string of the molecule is Cn1c(CNc2ccc(/C(N)=N/C(=O)OCCCCC3CC3)cc2)nc2cc(C(=O)N(CCC(=O)Oc3ccccc3O)c3ccccn3)ccc21. The minimum atomic E-state index is -0.687. The molecule has 2 heterocycles. The number of benzene rings is 3. The number of rotatable bonds is 15. The van der Waals surface area contributed by atoms with Gasteiger partial charge in [-0.3, -0.25) is 14.5 Å². The summed E-state index contributed by atoms with van der Waals surface area (Å²) in [6.45, 7) is 0.734. The second kappa shape index (κ2) is 16.6. The van der Waals surface area contributed by atoms with Gasteiger partial charge in [0.05, 0.1) is 30.6 Å². The minimum Gasteiger partial charge on any atom is -0.504 e. The molecular formula is C39H41N7O6. The number of pyridine rings is 1. The van der Waals surface area contributed by atoms with Gasteiger partial charge in [-0.2, -0.15) is 4.99 Å². The number of hydrogen-bond donors (Lipinski definition) is 3. The van der Waals surface area contributed by atoms with Crippen molar-refractivity contribution in [3.63, 3.8) is 0 Å². The summed E-state index contributed by atoms with van der Waals surface area (Å²) in [7, 11) is 1.90. The van der Waals surface area contributed by atoms with Crippen LogP contribution in [-0.2, 0) is 23.1 Å². The number of ether oxygens (including phenoxy) is 2. The number of amidine groups is 1. The molecule has 13 heteroatoms. The molecular weight excluding hydrogens is 662 g/mol. The summed E-state index contributed by atoms with van der Waals surface area (Å²) in [5.74, 6) is 0.988. The van der Waals surface area contributed by atoms with Crippen LogP contribution in [0.1, 0.15) is 60.3 Å². The lowest BCUT2D eigenvalue weighted by Gasteiger charge is -2.21. The van der Waals surface area contributed by atoms with E-state index in [9.17, 15) is 19.5 Å². The third-order valence-corrected chi connectivity index (χ3v) is 8.79. The number of aryl methyl sites for hydroxylation is 1. The first kappa shape index (κ1) is 35.6. The zero-order valence-electron chi connectivity index (χ0n) is 28.9. The van der Waals surface area contributed by atoms with Crippen molar-refractivity contribution in [1.29, 1.82) is 0 Å². The van der Waals surface area contributed by atoms with E-state index in [1.165, 1.54) is 36.3 Å². The molecule has 1 aliphatic carbocycles. The third kappa shape index (κ3) is 9.30. The van der Waals surface area contributed by atoms with Gasteiger partial charge in [-0.05, 0) is 85.5 Å². The van der Waals surface area contributed by atoms with Crippen molar-refractivity contribution in [2.24, 2.45) is 23.7 Å². The molecule has 0 bridgehead atoms. The molecule has 2 amide bonds. The molecule has 0 aliphatic heterocycles. The summed E-state index contributed by atoms with van der Waals surface area (Å²) < 4.78 is 12.5. The summed E-state index contributed by atoms with van der Waals surface area (Å²) in [6, 6.07) is 23.9. The predicted molar refractivity (Wildman–Crippen MR) is 197 cm³/mol. The van der Waals surface area contributed by atoms with Gasteiger partial charge in [0, 0.05) is 36.6 Å².